The molecule has 1 aliphatic heterocycles. The monoisotopic (exact) mass is 389 g/mol. The molecule has 1 amide bonds. The maximum atomic E-state index is 13.2. The van der Waals surface area contributed by atoms with Crippen molar-refractivity contribution >= 4 is 38.9 Å². The lowest BCUT2D eigenvalue weighted by molar-refractivity contribution is -0.128. The topological polar surface area (TPSA) is 64.9 Å². The Balaban J connectivity index is 1.72. The van der Waals surface area contributed by atoms with Crippen molar-refractivity contribution in [3.05, 3.63) is 54.4 Å². The van der Waals surface area contributed by atoms with Gasteiger partial charge in [0.15, 0.2) is 0 Å². The van der Waals surface area contributed by atoms with Crippen LogP contribution in [0.15, 0.2) is 48.5 Å². The van der Waals surface area contributed by atoms with Gasteiger partial charge < -0.3 is 14.8 Å². The van der Waals surface area contributed by atoms with Gasteiger partial charge in [0.05, 0.1) is 28.8 Å². The fourth-order valence-corrected chi connectivity index (χ4v) is 4.45. The summed E-state index contributed by atoms with van der Waals surface area (Å²) in [4.78, 5) is 18.0. The Hall–Kier alpha value is -2.96. The van der Waals surface area contributed by atoms with Gasteiger partial charge in [0, 0.05) is 30.4 Å². The molecule has 148 valence electrons. The van der Waals surface area contributed by atoms with E-state index in [0.717, 1.165) is 45.3 Å². The Morgan fingerprint density at radius 2 is 1.97 bits per heavy atom. The average molecular weight is 389 g/mol. The first kappa shape index (κ1) is 18.1. The molecule has 6 nitrogen and oxygen atoms in total. The van der Waals surface area contributed by atoms with E-state index in [4.69, 9.17) is 14.5 Å². The summed E-state index contributed by atoms with van der Waals surface area (Å²) < 4.78 is 13.2. The van der Waals surface area contributed by atoms with Crippen molar-refractivity contribution in [1.82, 2.24) is 9.38 Å². The van der Waals surface area contributed by atoms with E-state index in [1.807, 2.05) is 49.4 Å². The van der Waals surface area contributed by atoms with E-state index in [2.05, 4.69) is 15.8 Å². The molecule has 1 N–H and O–H groups in total. The number of ether oxygens (including phenoxy) is 2. The SMILES string of the molecule is COC(C(=O)Nc1c2ccccc2n2c(C)nc3ccccc3c12)C1CCOC1. The molecule has 2 atom stereocenters. The zero-order chi connectivity index (χ0) is 20.0. The lowest BCUT2D eigenvalue weighted by atomic mass is 10.0. The summed E-state index contributed by atoms with van der Waals surface area (Å²) in [5.41, 5.74) is 3.68. The fraction of sp³-hybridized carbons (Fsp3) is 0.304. The first-order valence-electron chi connectivity index (χ1n) is 9.89. The molecule has 6 heteroatoms. The number of para-hydroxylation sites is 2. The van der Waals surface area contributed by atoms with Gasteiger partial charge >= 0.3 is 0 Å². The molecule has 0 bridgehead atoms. The Kier molecular flexibility index (Phi) is 4.45. The minimum absolute atomic E-state index is 0.0697. The van der Waals surface area contributed by atoms with Crippen molar-refractivity contribution in [2.45, 2.75) is 19.4 Å². The number of anilines is 1. The summed E-state index contributed by atoms with van der Waals surface area (Å²) >= 11 is 0. The maximum absolute atomic E-state index is 13.2. The fourth-order valence-electron chi connectivity index (χ4n) is 4.45. The van der Waals surface area contributed by atoms with E-state index in [9.17, 15) is 4.79 Å². The highest BCUT2D eigenvalue weighted by atomic mass is 16.5. The number of hydrogen-bond donors (Lipinski definition) is 1. The molecule has 0 aliphatic carbocycles. The van der Waals surface area contributed by atoms with Crippen molar-refractivity contribution in [2.75, 3.05) is 25.6 Å². The van der Waals surface area contributed by atoms with Gasteiger partial charge in [-0.1, -0.05) is 36.4 Å². The molecule has 2 aromatic heterocycles. The standard InChI is InChI=1S/C23H23N3O3/c1-14-24-18-9-5-3-7-16(18)21-20(17-8-4-6-10-19(17)26(14)21)25-23(27)22(28-2)15-11-12-29-13-15/h3-10,15,22H,11-13H2,1-2H3,(H,25,27). The Morgan fingerprint density at radius 1 is 1.21 bits per heavy atom. The van der Waals surface area contributed by atoms with E-state index in [-0.39, 0.29) is 11.8 Å². The number of carbonyl (C=O) groups is 1. The van der Waals surface area contributed by atoms with E-state index in [1.165, 1.54) is 0 Å². The van der Waals surface area contributed by atoms with Crippen LogP contribution in [0.1, 0.15) is 12.2 Å². The molecular weight excluding hydrogens is 366 g/mol. The van der Waals surface area contributed by atoms with Crippen LogP contribution in [0.25, 0.3) is 27.3 Å². The van der Waals surface area contributed by atoms with Gasteiger partial charge in [-0.25, -0.2) is 4.98 Å². The third kappa shape index (κ3) is 2.87. The van der Waals surface area contributed by atoms with E-state index in [0.29, 0.717) is 13.2 Å². The summed E-state index contributed by atoms with van der Waals surface area (Å²) in [7, 11) is 1.59. The third-order valence-corrected chi connectivity index (χ3v) is 5.79. The summed E-state index contributed by atoms with van der Waals surface area (Å²) in [5.74, 6) is 0.808. The molecule has 1 aliphatic rings. The Labute approximate surface area is 168 Å². The average Bonchev–Trinajstić information content (AvgIpc) is 3.36. The number of rotatable bonds is 4. The van der Waals surface area contributed by atoms with Gasteiger partial charge in [0.2, 0.25) is 0 Å². The van der Waals surface area contributed by atoms with Crippen LogP contribution in [-0.4, -0.2) is 41.7 Å². The van der Waals surface area contributed by atoms with Crippen molar-refractivity contribution in [2.24, 2.45) is 5.92 Å². The quantitative estimate of drug-likeness (QED) is 0.574. The lowest BCUT2D eigenvalue weighted by Crippen LogP contribution is -2.36. The Morgan fingerprint density at radius 3 is 2.72 bits per heavy atom. The predicted octanol–water partition coefficient (Wildman–Crippen LogP) is 3.94. The van der Waals surface area contributed by atoms with Gasteiger partial charge in [-0.3, -0.25) is 9.20 Å². The largest absolute Gasteiger partial charge is 0.381 e. The molecular formula is C23H23N3O3. The second-order valence-corrected chi connectivity index (χ2v) is 7.52. The third-order valence-electron chi connectivity index (χ3n) is 5.79. The Bertz CT molecular complexity index is 1220. The predicted molar refractivity (Wildman–Crippen MR) is 113 cm³/mol. The number of nitrogens with one attached hydrogen (secondary N) is 1. The number of aromatic nitrogens is 2. The molecule has 29 heavy (non-hydrogen) atoms. The minimum atomic E-state index is -0.541. The van der Waals surface area contributed by atoms with Crippen LogP contribution in [-0.2, 0) is 14.3 Å². The second-order valence-electron chi connectivity index (χ2n) is 7.52. The van der Waals surface area contributed by atoms with Crippen LogP contribution in [0, 0.1) is 12.8 Å². The first-order chi connectivity index (χ1) is 14.2. The van der Waals surface area contributed by atoms with Gasteiger partial charge in [-0.05, 0) is 25.5 Å². The van der Waals surface area contributed by atoms with Crippen molar-refractivity contribution in [3.63, 3.8) is 0 Å². The highest BCUT2D eigenvalue weighted by Crippen LogP contribution is 2.36. The van der Waals surface area contributed by atoms with Gasteiger partial charge in [-0.15, -0.1) is 0 Å². The highest BCUT2D eigenvalue weighted by Gasteiger charge is 2.32. The number of fused-ring (bicyclic) bond motifs is 5. The van der Waals surface area contributed by atoms with Crippen molar-refractivity contribution in [3.8, 4) is 0 Å². The molecule has 2 aromatic carbocycles. The van der Waals surface area contributed by atoms with Crippen molar-refractivity contribution in [1.29, 1.82) is 0 Å². The molecule has 0 radical (unpaired) electrons. The highest BCUT2D eigenvalue weighted by molar-refractivity contribution is 6.16. The minimum Gasteiger partial charge on any atom is -0.381 e. The number of hydrogen-bond acceptors (Lipinski definition) is 4. The normalized spacial score (nSPS) is 17.9. The number of carbonyl (C=O) groups excluding carboxylic acids is 1. The number of benzene rings is 2. The van der Waals surface area contributed by atoms with Gasteiger partial charge in [0.25, 0.3) is 5.91 Å². The van der Waals surface area contributed by atoms with Crippen LogP contribution < -0.4 is 5.32 Å². The van der Waals surface area contributed by atoms with Crippen LogP contribution in [0.3, 0.4) is 0 Å². The van der Waals surface area contributed by atoms with Crippen LogP contribution in [0.2, 0.25) is 0 Å². The molecule has 0 saturated carbocycles. The van der Waals surface area contributed by atoms with Crippen LogP contribution >= 0.6 is 0 Å². The van der Waals surface area contributed by atoms with Crippen molar-refractivity contribution < 1.29 is 14.3 Å². The number of methoxy groups -OCH3 is 1. The molecule has 4 aromatic rings. The van der Waals surface area contributed by atoms with Crippen LogP contribution in [0.5, 0.6) is 0 Å². The summed E-state index contributed by atoms with van der Waals surface area (Å²) in [5, 5.41) is 5.18. The number of aryl methyl sites for hydroxylation is 1. The zero-order valence-corrected chi connectivity index (χ0v) is 16.5. The lowest BCUT2D eigenvalue weighted by Gasteiger charge is -2.20. The second kappa shape index (κ2) is 7.13. The molecule has 1 fully saturated rings. The summed E-state index contributed by atoms with van der Waals surface area (Å²) in [6.07, 6.45) is 0.287. The van der Waals surface area contributed by atoms with E-state index >= 15 is 0 Å². The molecule has 2 unspecified atom stereocenters. The smallest absolute Gasteiger partial charge is 0.253 e. The number of nitrogens with zero attached hydrogens (tertiary/aromatic N) is 2. The first-order valence-corrected chi connectivity index (χ1v) is 9.89. The van der Waals surface area contributed by atoms with E-state index < -0.39 is 6.10 Å². The van der Waals surface area contributed by atoms with Crippen LogP contribution in [0.4, 0.5) is 5.69 Å². The molecule has 3 heterocycles. The maximum Gasteiger partial charge on any atom is 0.253 e. The number of amides is 1. The van der Waals surface area contributed by atoms with E-state index in [1.54, 1.807) is 7.11 Å². The molecule has 5 rings (SSSR count). The van der Waals surface area contributed by atoms with Gasteiger partial charge in [-0.2, -0.15) is 0 Å². The zero-order valence-electron chi connectivity index (χ0n) is 16.5. The molecule has 0 spiro atoms. The van der Waals surface area contributed by atoms with Gasteiger partial charge in [0.1, 0.15) is 11.9 Å². The summed E-state index contributed by atoms with van der Waals surface area (Å²) in [6.45, 7) is 3.21. The summed E-state index contributed by atoms with van der Waals surface area (Å²) in [6, 6.07) is 16.1. The molecule has 1 saturated heterocycles.